The van der Waals surface area contributed by atoms with Gasteiger partial charge in [-0.15, -0.1) is 0 Å². The Morgan fingerprint density at radius 3 is 3.25 bits per heavy atom. The zero-order valence-corrected chi connectivity index (χ0v) is 8.59. The van der Waals surface area contributed by atoms with Gasteiger partial charge in [0.25, 0.3) is 0 Å². The van der Waals surface area contributed by atoms with Crippen LogP contribution in [0.3, 0.4) is 0 Å². The van der Waals surface area contributed by atoms with Crippen molar-refractivity contribution in [2.45, 2.75) is 0 Å². The molecule has 0 aromatic carbocycles. The summed E-state index contributed by atoms with van der Waals surface area (Å²) < 4.78 is 4.16. The average molecular weight is 227 g/mol. The van der Waals surface area contributed by atoms with Crippen molar-refractivity contribution in [3.63, 3.8) is 0 Å². The molecule has 0 fully saturated rings. The van der Waals surface area contributed by atoms with E-state index in [1.54, 1.807) is 0 Å². The summed E-state index contributed by atoms with van der Waals surface area (Å²) in [6, 6.07) is 0. The SMILES string of the molecule is NC1=NCC2=C(N1)[N+]([O-])(COCCO)C=N2. The summed E-state index contributed by atoms with van der Waals surface area (Å²) in [6.07, 6.45) is 1.23. The molecule has 0 saturated heterocycles. The highest BCUT2D eigenvalue weighted by molar-refractivity contribution is 5.81. The Hall–Kier alpha value is -1.48. The molecular weight excluding hydrogens is 214 g/mol. The third-order valence-corrected chi connectivity index (χ3v) is 2.22. The summed E-state index contributed by atoms with van der Waals surface area (Å²) in [5.41, 5.74) is 6.05. The van der Waals surface area contributed by atoms with Gasteiger partial charge in [0.2, 0.25) is 5.82 Å². The highest BCUT2D eigenvalue weighted by Crippen LogP contribution is 2.24. The topological polar surface area (TPSA) is 115 Å². The lowest BCUT2D eigenvalue weighted by Gasteiger charge is -2.36. The molecule has 8 nitrogen and oxygen atoms in total. The first-order valence-corrected chi connectivity index (χ1v) is 4.79. The van der Waals surface area contributed by atoms with E-state index < -0.39 is 4.65 Å². The van der Waals surface area contributed by atoms with Crippen molar-refractivity contribution in [1.82, 2.24) is 5.32 Å². The van der Waals surface area contributed by atoms with E-state index in [1.807, 2.05) is 0 Å². The van der Waals surface area contributed by atoms with E-state index in [9.17, 15) is 5.21 Å². The monoisotopic (exact) mass is 227 g/mol. The van der Waals surface area contributed by atoms with Crippen LogP contribution in [0.15, 0.2) is 21.5 Å². The van der Waals surface area contributed by atoms with E-state index in [4.69, 9.17) is 15.6 Å². The van der Waals surface area contributed by atoms with E-state index >= 15 is 0 Å². The number of quaternary nitrogens is 1. The smallest absolute Gasteiger partial charge is 0.240 e. The molecule has 0 radical (unpaired) electrons. The maximum absolute atomic E-state index is 12.2. The lowest BCUT2D eigenvalue weighted by Crippen LogP contribution is -2.49. The first-order valence-electron chi connectivity index (χ1n) is 4.79. The normalized spacial score (nSPS) is 27.8. The van der Waals surface area contributed by atoms with Crippen LogP contribution in [0.2, 0.25) is 0 Å². The van der Waals surface area contributed by atoms with Crippen molar-refractivity contribution in [2.75, 3.05) is 26.5 Å². The molecule has 0 aliphatic carbocycles. The minimum atomic E-state index is -0.856. The number of nitrogens with two attached hydrogens (primary N) is 1. The Bertz CT molecular complexity index is 378. The highest BCUT2D eigenvalue weighted by Gasteiger charge is 2.34. The van der Waals surface area contributed by atoms with E-state index in [1.165, 1.54) is 6.34 Å². The molecule has 0 amide bonds. The molecule has 0 saturated carbocycles. The number of ether oxygens (including phenoxy) is 1. The molecule has 0 aromatic rings. The lowest BCUT2D eigenvalue weighted by molar-refractivity contribution is -0.768. The number of hydroxylamine groups is 3. The van der Waals surface area contributed by atoms with Crippen molar-refractivity contribution in [1.29, 1.82) is 0 Å². The Morgan fingerprint density at radius 2 is 2.50 bits per heavy atom. The summed E-state index contributed by atoms with van der Waals surface area (Å²) >= 11 is 0. The van der Waals surface area contributed by atoms with Crippen LogP contribution in [0.4, 0.5) is 0 Å². The predicted octanol–water partition coefficient (Wildman–Crippen LogP) is -1.60. The Balaban J connectivity index is 2.06. The van der Waals surface area contributed by atoms with Gasteiger partial charge >= 0.3 is 0 Å². The fraction of sp³-hybridized carbons (Fsp3) is 0.500. The van der Waals surface area contributed by atoms with Crippen molar-refractivity contribution in [3.05, 3.63) is 16.7 Å². The number of hydrogen-bond acceptors (Lipinski definition) is 7. The van der Waals surface area contributed by atoms with Gasteiger partial charge in [-0.25, -0.2) is 9.64 Å². The number of aliphatic imine (C=N–C) groups is 2. The van der Waals surface area contributed by atoms with E-state index in [-0.39, 0.29) is 25.9 Å². The van der Waals surface area contributed by atoms with Crippen molar-refractivity contribution in [3.8, 4) is 0 Å². The molecule has 0 aromatic heterocycles. The molecule has 1 atom stereocenters. The molecule has 4 N–H and O–H groups in total. The average Bonchev–Trinajstić information content (AvgIpc) is 2.58. The van der Waals surface area contributed by atoms with Gasteiger partial charge in [-0.1, -0.05) is 0 Å². The van der Waals surface area contributed by atoms with Crippen LogP contribution in [0.25, 0.3) is 0 Å². The molecule has 2 aliphatic heterocycles. The van der Waals surface area contributed by atoms with Crippen molar-refractivity contribution in [2.24, 2.45) is 15.7 Å². The maximum atomic E-state index is 12.2. The second-order valence-corrected chi connectivity index (χ2v) is 3.42. The molecule has 8 heteroatoms. The third kappa shape index (κ3) is 1.91. The van der Waals surface area contributed by atoms with Gasteiger partial charge < -0.3 is 20.8 Å². The minimum Gasteiger partial charge on any atom is -0.618 e. The zero-order valence-electron chi connectivity index (χ0n) is 8.59. The molecular formula is C8H13N5O3. The van der Waals surface area contributed by atoms with Crippen LogP contribution in [-0.2, 0) is 4.74 Å². The van der Waals surface area contributed by atoms with Gasteiger partial charge in [-0.2, -0.15) is 4.99 Å². The van der Waals surface area contributed by atoms with Crippen LogP contribution in [0.5, 0.6) is 0 Å². The van der Waals surface area contributed by atoms with Gasteiger partial charge in [0.05, 0.1) is 19.8 Å². The predicted molar refractivity (Wildman–Crippen MR) is 56.7 cm³/mol. The molecule has 2 rings (SSSR count). The van der Waals surface area contributed by atoms with E-state index in [0.717, 1.165) is 0 Å². The molecule has 0 spiro atoms. The quantitative estimate of drug-likeness (QED) is 0.304. The second-order valence-electron chi connectivity index (χ2n) is 3.42. The summed E-state index contributed by atoms with van der Waals surface area (Å²) in [5, 5.41) is 23.5. The lowest BCUT2D eigenvalue weighted by atomic mass is 10.4. The summed E-state index contributed by atoms with van der Waals surface area (Å²) in [6.45, 7) is 0.137. The van der Waals surface area contributed by atoms with Gasteiger partial charge in [-0.3, -0.25) is 5.32 Å². The number of aliphatic hydroxyl groups excluding tert-OH is 1. The van der Waals surface area contributed by atoms with Crippen LogP contribution >= 0.6 is 0 Å². The Morgan fingerprint density at radius 1 is 1.69 bits per heavy atom. The molecule has 0 bridgehead atoms. The largest absolute Gasteiger partial charge is 0.618 e. The van der Waals surface area contributed by atoms with Crippen molar-refractivity contribution >= 4 is 12.3 Å². The zero-order chi connectivity index (χ0) is 11.6. The molecule has 16 heavy (non-hydrogen) atoms. The maximum Gasteiger partial charge on any atom is 0.240 e. The molecule has 88 valence electrons. The summed E-state index contributed by atoms with van der Waals surface area (Å²) in [7, 11) is 0. The number of nitrogens with zero attached hydrogens (tertiary/aromatic N) is 3. The second kappa shape index (κ2) is 4.18. The first kappa shape index (κ1) is 11.0. The molecule has 2 aliphatic rings. The summed E-state index contributed by atoms with van der Waals surface area (Å²) in [5.74, 6) is 0.537. The minimum absolute atomic E-state index is 0.113. The number of nitrogens with one attached hydrogen (secondary N) is 1. The van der Waals surface area contributed by atoms with E-state index in [0.29, 0.717) is 18.1 Å². The fourth-order valence-corrected chi connectivity index (χ4v) is 1.47. The van der Waals surface area contributed by atoms with Gasteiger partial charge in [-0.05, 0) is 0 Å². The number of aliphatic hydroxyl groups is 1. The van der Waals surface area contributed by atoms with Crippen LogP contribution < -0.4 is 11.1 Å². The summed E-state index contributed by atoms with van der Waals surface area (Å²) in [4.78, 5) is 7.89. The van der Waals surface area contributed by atoms with Crippen LogP contribution in [-0.4, -0.2) is 48.5 Å². The van der Waals surface area contributed by atoms with Crippen LogP contribution in [0.1, 0.15) is 0 Å². The molecule has 1 unspecified atom stereocenters. The van der Waals surface area contributed by atoms with Gasteiger partial charge in [0.1, 0.15) is 5.70 Å². The number of rotatable bonds is 4. The molecule has 2 heterocycles. The Kier molecular flexibility index (Phi) is 2.88. The number of guanidine groups is 1. The van der Waals surface area contributed by atoms with Gasteiger partial charge in [0, 0.05) is 0 Å². The number of hydrogen-bond donors (Lipinski definition) is 3. The third-order valence-electron chi connectivity index (χ3n) is 2.22. The highest BCUT2D eigenvalue weighted by atomic mass is 16.6. The van der Waals surface area contributed by atoms with E-state index in [2.05, 4.69) is 15.3 Å². The van der Waals surface area contributed by atoms with Gasteiger partial charge in [0.15, 0.2) is 19.0 Å². The first-order chi connectivity index (χ1) is 7.65. The fourth-order valence-electron chi connectivity index (χ4n) is 1.47. The van der Waals surface area contributed by atoms with Crippen LogP contribution in [0, 0.1) is 5.21 Å². The standard InChI is InChI=1S/C8H13N5O3/c9-8-10-3-6-7(12-8)13(15,4-11-6)5-16-2-1-14/h4,14H,1-3,5H2,(H3,9,10,12). The Labute approximate surface area is 91.9 Å². The van der Waals surface area contributed by atoms with Crippen molar-refractivity contribution < 1.29 is 14.5 Å².